The minimum atomic E-state index is -0.211. The fourth-order valence-corrected chi connectivity index (χ4v) is 4.75. The molecule has 0 bridgehead atoms. The molecule has 0 radical (unpaired) electrons. The maximum absolute atomic E-state index is 13.4. The molecule has 0 aliphatic carbocycles. The van der Waals surface area contributed by atoms with Gasteiger partial charge in [-0.15, -0.1) is 0 Å². The number of aryl methyl sites for hydroxylation is 1. The van der Waals surface area contributed by atoms with Gasteiger partial charge in [0, 0.05) is 43.2 Å². The number of piperidine rings is 1. The number of hydrogen-bond acceptors (Lipinski definition) is 6. The van der Waals surface area contributed by atoms with Crippen LogP contribution in [0.25, 0.3) is 17.0 Å². The molecule has 1 amide bonds. The van der Waals surface area contributed by atoms with Gasteiger partial charge in [-0.25, -0.2) is 15.0 Å². The van der Waals surface area contributed by atoms with Crippen LogP contribution in [-0.2, 0) is 0 Å². The average Bonchev–Trinajstić information content (AvgIpc) is 3.27. The topological polar surface area (TPSA) is 88.8 Å². The van der Waals surface area contributed by atoms with Crippen molar-refractivity contribution in [3.05, 3.63) is 77.1 Å². The molecule has 5 heterocycles. The molecule has 0 spiro atoms. The Balaban J connectivity index is 1.45. The van der Waals surface area contributed by atoms with Crippen LogP contribution in [0, 0.1) is 6.92 Å². The number of amides is 1. The molecule has 9 heteroatoms. The summed E-state index contributed by atoms with van der Waals surface area (Å²) in [5.74, 6) is 0.218. The van der Waals surface area contributed by atoms with Crippen LogP contribution in [0.5, 0.6) is 0 Å². The summed E-state index contributed by atoms with van der Waals surface area (Å²) in [4.78, 5) is 33.4. The van der Waals surface area contributed by atoms with E-state index in [-0.39, 0.29) is 11.9 Å². The van der Waals surface area contributed by atoms with Gasteiger partial charge >= 0.3 is 0 Å². The summed E-state index contributed by atoms with van der Waals surface area (Å²) in [6.07, 6.45) is 12.1. The molecule has 34 heavy (non-hydrogen) atoms. The van der Waals surface area contributed by atoms with Crippen molar-refractivity contribution in [1.82, 2.24) is 34.7 Å². The standard InChI is InChI=1S/C25H26ClN7O/c1-17-6-7-18(14-30-17)21(32-12-3-2-4-13-32)15-31-24(34)19-16-33(25-28-9-5-10-29-25)23-22(19)20(26)8-11-27-23/h5-11,14,16,21H,2-4,12-13,15H2,1H3,(H,31,34). The van der Waals surface area contributed by atoms with E-state index in [0.717, 1.165) is 37.2 Å². The second-order valence-electron chi connectivity index (χ2n) is 8.51. The van der Waals surface area contributed by atoms with Gasteiger partial charge in [0.05, 0.1) is 22.0 Å². The average molecular weight is 476 g/mol. The fraction of sp³-hybridized carbons (Fsp3) is 0.320. The highest BCUT2D eigenvalue weighted by atomic mass is 35.5. The van der Waals surface area contributed by atoms with Crippen molar-refractivity contribution in [1.29, 1.82) is 0 Å². The largest absolute Gasteiger partial charge is 0.350 e. The monoisotopic (exact) mass is 475 g/mol. The maximum atomic E-state index is 13.4. The third-order valence-corrected chi connectivity index (χ3v) is 6.57. The molecule has 1 aliphatic heterocycles. The van der Waals surface area contributed by atoms with Crippen LogP contribution in [0.1, 0.15) is 46.9 Å². The van der Waals surface area contributed by atoms with Crippen molar-refractivity contribution in [2.45, 2.75) is 32.2 Å². The first-order chi connectivity index (χ1) is 16.6. The third kappa shape index (κ3) is 4.51. The number of pyridine rings is 2. The second kappa shape index (κ2) is 9.87. The van der Waals surface area contributed by atoms with Gasteiger partial charge < -0.3 is 5.32 Å². The van der Waals surface area contributed by atoms with Crippen molar-refractivity contribution in [2.75, 3.05) is 19.6 Å². The van der Waals surface area contributed by atoms with Crippen LogP contribution in [0.4, 0.5) is 0 Å². The van der Waals surface area contributed by atoms with Crippen LogP contribution < -0.4 is 5.32 Å². The highest BCUT2D eigenvalue weighted by Gasteiger charge is 2.25. The Kier molecular flexibility index (Phi) is 6.51. The summed E-state index contributed by atoms with van der Waals surface area (Å²) in [6.45, 7) is 4.46. The number of hydrogen-bond donors (Lipinski definition) is 1. The predicted octanol–water partition coefficient (Wildman–Crippen LogP) is 4.13. The summed E-state index contributed by atoms with van der Waals surface area (Å²) in [6, 6.07) is 7.60. The fourth-order valence-electron chi connectivity index (χ4n) is 4.50. The number of likely N-dealkylation sites (tertiary alicyclic amines) is 1. The van der Waals surface area contributed by atoms with Crippen LogP contribution in [0.2, 0.25) is 5.02 Å². The van der Waals surface area contributed by atoms with Crippen LogP contribution in [0.3, 0.4) is 0 Å². The van der Waals surface area contributed by atoms with E-state index in [1.807, 2.05) is 19.2 Å². The van der Waals surface area contributed by atoms with E-state index in [0.29, 0.717) is 34.1 Å². The van der Waals surface area contributed by atoms with E-state index < -0.39 is 0 Å². The van der Waals surface area contributed by atoms with Crippen molar-refractivity contribution >= 4 is 28.5 Å². The first-order valence-electron chi connectivity index (χ1n) is 11.5. The lowest BCUT2D eigenvalue weighted by atomic mass is 10.0. The maximum Gasteiger partial charge on any atom is 0.253 e. The Morgan fingerprint density at radius 1 is 1.06 bits per heavy atom. The molecule has 1 atom stereocenters. The minimum absolute atomic E-state index is 0.0525. The SMILES string of the molecule is Cc1ccc(C(CNC(=O)c2cn(-c3ncccn3)c3nccc(Cl)c23)N2CCCCC2)cn1. The third-order valence-electron chi connectivity index (χ3n) is 6.25. The van der Waals surface area contributed by atoms with Gasteiger partial charge in [0.2, 0.25) is 5.95 Å². The van der Waals surface area contributed by atoms with E-state index in [1.165, 1.54) is 6.42 Å². The molecule has 1 unspecified atom stereocenters. The summed E-state index contributed by atoms with van der Waals surface area (Å²) in [5.41, 5.74) is 3.06. The smallest absolute Gasteiger partial charge is 0.253 e. The highest BCUT2D eigenvalue weighted by Crippen LogP contribution is 2.29. The first-order valence-corrected chi connectivity index (χ1v) is 11.9. The molecular formula is C25H26ClN7O. The van der Waals surface area contributed by atoms with E-state index in [2.05, 4.69) is 36.2 Å². The molecule has 0 saturated carbocycles. The number of carbonyl (C=O) groups is 1. The summed E-state index contributed by atoms with van der Waals surface area (Å²) in [5, 5.41) is 4.19. The van der Waals surface area contributed by atoms with Gasteiger partial charge in [0.25, 0.3) is 5.91 Å². The Bertz CT molecular complexity index is 1280. The lowest BCUT2D eigenvalue weighted by molar-refractivity contribution is 0.0926. The van der Waals surface area contributed by atoms with Gasteiger partial charge in [0.1, 0.15) is 5.65 Å². The summed E-state index contributed by atoms with van der Waals surface area (Å²) in [7, 11) is 0. The number of carbonyl (C=O) groups excluding carboxylic acids is 1. The molecule has 1 saturated heterocycles. The predicted molar refractivity (Wildman–Crippen MR) is 131 cm³/mol. The Labute approximate surface area is 203 Å². The molecule has 4 aromatic rings. The molecule has 1 aliphatic rings. The van der Waals surface area contributed by atoms with E-state index in [9.17, 15) is 4.79 Å². The number of nitrogens with zero attached hydrogens (tertiary/aromatic N) is 6. The lowest BCUT2D eigenvalue weighted by Gasteiger charge is -2.34. The van der Waals surface area contributed by atoms with Gasteiger partial charge in [0.15, 0.2) is 0 Å². The Morgan fingerprint density at radius 3 is 2.59 bits per heavy atom. The van der Waals surface area contributed by atoms with Gasteiger partial charge in [-0.2, -0.15) is 0 Å². The molecular weight excluding hydrogens is 450 g/mol. The zero-order valence-electron chi connectivity index (χ0n) is 19.0. The van der Waals surface area contributed by atoms with Crippen molar-refractivity contribution < 1.29 is 4.79 Å². The van der Waals surface area contributed by atoms with E-state index >= 15 is 0 Å². The van der Waals surface area contributed by atoms with Gasteiger partial charge in [-0.1, -0.05) is 24.1 Å². The molecule has 174 valence electrons. The molecule has 0 aromatic carbocycles. The van der Waals surface area contributed by atoms with Gasteiger partial charge in [-0.3, -0.25) is 19.2 Å². The molecule has 1 N–H and O–H groups in total. The quantitative estimate of drug-likeness (QED) is 0.451. The minimum Gasteiger partial charge on any atom is -0.350 e. The molecule has 4 aromatic heterocycles. The normalized spacial score (nSPS) is 15.4. The second-order valence-corrected chi connectivity index (χ2v) is 8.92. The zero-order chi connectivity index (χ0) is 23.5. The summed E-state index contributed by atoms with van der Waals surface area (Å²) < 4.78 is 1.70. The number of nitrogens with one attached hydrogen (secondary N) is 1. The highest BCUT2D eigenvalue weighted by molar-refractivity contribution is 6.36. The van der Waals surface area contributed by atoms with Crippen molar-refractivity contribution in [2.24, 2.45) is 0 Å². The summed E-state index contributed by atoms with van der Waals surface area (Å²) >= 11 is 6.51. The Morgan fingerprint density at radius 2 is 1.85 bits per heavy atom. The van der Waals surface area contributed by atoms with Crippen molar-refractivity contribution in [3.8, 4) is 5.95 Å². The number of rotatable bonds is 6. The number of aromatic nitrogens is 5. The molecule has 8 nitrogen and oxygen atoms in total. The van der Waals surface area contributed by atoms with Gasteiger partial charge in [-0.05, 0) is 56.6 Å². The number of halogens is 1. The van der Waals surface area contributed by atoms with Crippen molar-refractivity contribution in [3.63, 3.8) is 0 Å². The Hall–Kier alpha value is -3.36. The van der Waals surface area contributed by atoms with E-state index in [4.69, 9.17) is 11.6 Å². The molecule has 1 fully saturated rings. The molecule has 5 rings (SSSR count). The lowest BCUT2D eigenvalue weighted by Crippen LogP contribution is -2.40. The van der Waals surface area contributed by atoms with Crippen LogP contribution in [0.15, 0.2) is 55.2 Å². The zero-order valence-corrected chi connectivity index (χ0v) is 19.7. The van der Waals surface area contributed by atoms with E-state index in [1.54, 1.807) is 41.5 Å². The van der Waals surface area contributed by atoms with Crippen LogP contribution >= 0.6 is 11.6 Å². The van der Waals surface area contributed by atoms with Crippen LogP contribution in [-0.4, -0.2) is 54.9 Å². The first kappa shape index (κ1) is 22.4. The number of fused-ring (bicyclic) bond motifs is 1.